The third-order valence-electron chi connectivity index (χ3n) is 2.71. The van der Waals surface area contributed by atoms with Gasteiger partial charge in [0.05, 0.1) is 12.5 Å². The molecule has 104 valence electrons. The first-order valence-electron chi connectivity index (χ1n) is 5.87. The summed E-state index contributed by atoms with van der Waals surface area (Å²) < 4.78 is 0.988. The molecule has 1 rings (SSSR count). The summed E-state index contributed by atoms with van der Waals surface area (Å²) in [4.78, 5) is 23.8. The van der Waals surface area contributed by atoms with E-state index in [1.165, 1.54) is 4.90 Å². The lowest BCUT2D eigenvalue weighted by Crippen LogP contribution is -2.43. The van der Waals surface area contributed by atoms with Gasteiger partial charge in [-0.3, -0.25) is 9.59 Å². The van der Waals surface area contributed by atoms with Crippen LogP contribution in [-0.2, 0) is 16.0 Å². The van der Waals surface area contributed by atoms with Crippen molar-refractivity contribution < 1.29 is 14.7 Å². The Morgan fingerprint density at radius 1 is 1.47 bits per heavy atom. The number of carbonyl (C=O) groups excluding carboxylic acids is 1. The number of nitrogens with zero attached hydrogens (tertiary/aromatic N) is 1. The van der Waals surface area contributed by atoms with Crippen LogP contribution in [-0.4, -0.2) is 41.5 Å². The van der Waals surface area contributed by atoms with E-state index in [9.17, 15) is 9.59 Å². The van der Waals surface area contributed by atoms with Crippen LogP contribution in [0.3, 0.4) is 0 Å². The number of hydrogen-bond donors (Lipinski definition) is 2. The predicted octanol–water partition coefficient (Wildman–Crippen LogP) is 1.25. The van der Waals surface area contributed by atoms with E-state index in [1.807, 2.05) is 24.3 Å². The Morgan fingerprint density at radius 3 is 2.74 bits per heavy atom. The van der Waals surface area contributed by atoms with Crippen molar-refractivity contribution in [3.63, 3.8) is 0 Å². The minimum atomic E-state index is -1.07. The van der Waals surface area contributed by atoms with Gasteiger partial charge in [0, 0.05) is 18.1 Å². The number of carboxylic acid groups (broad SMARTS) is 1. The molecule has 0 saturated heterocycles. The second kappa shape index (κ2) is 7.25. The Balaban J connectivity index is 2.48. The van der Waals surface area contributed by atoms with Gasteiger partial charge in [-0.2, -0.15) is 0 Å². The average molecular weight is 329 g/mol. The largest absolute Gasteiger partial charge is 0.481 e. The van der Waals surface area contributed by atoms with Crippen LogP contribution in [0.2, 0.25) is 0 Å². The van der Waals surface area contributed by atoms with Crippen LogP contribution in [0, 0.1) is 0 Å². The number of carboxylic acids is 1. The van der Waals surface area contributed by atoms with Gasteiger partial charge in [-0.15, -0.1) is 0 Å². The van der Waals surface area contributed by atoms with Crippen LogP contribution >= 0.6 is 15.9 Å². The van der Waals surface area contributed by atoms with Crippen LogP contribution in [0.4, 0.5) is 0 Å². The topological polar surface area (TPSA) is 83.6 Å². The molecule has 5 nitrogen and oxygen atoms in total. The Labute approximate surface area is 120 Å². The van der Waals surface area contributed by atoms with E-state index in [-0.39, 0.29) is 12.3 Å². The van der Waals surface area contributed by atoms with Crippen molar-refractivity contribution >= 4 is 27.8 Å². The summed E-state index contributed by atoms with van der Waals surface area (Å²) in [6, 6.07) is 6.83. The summed E-state index contributed by atoms with van der Waals surface area (Å²) in [7, 11) is 1.63. The Bertz CT molecular complexity index is 465. The van der Waals surface area contributed by atoms with Gasteiger partial charge < -0.3 is 15.7 Å². The standard InChI is InChI=1S/C13H17BrN2O3/c1-16(13(19)11(15)8-12(17)18)6-5-9-3-2-4-10(14)7-9/h2-4,7,11H,5-6,8,15H2,1H3,(H,17,18). The Hall–Kier alpha value is -1.40. The van der Waals surface area contributed by atoms with Crippen LogP contribution in [0.15, 0.2) is 28.7 Å². The maximum Gasteiger partial charge on any atom is 0.305 e. The normalized spacial score (nSPS) is 11.9. The fourth-order valence-electron chi connectivity index (χ4n) is 1.66. The van der Waals surface area contributed by atoms with Gasteiger partial charge in [0.15, 0.2) is 0 Å². The second-order valence-electron chi connectivity index (χ2n) is 4.34. The first-order chi connectivity index (χ1) is 8.90. The molecule has 0 radical (unpaired) electrons. The Kier molecular flexibility index (Phi) is 5.98. The van der Waals surface area contributed by atoms with Crippen LogP contribution in [0.5, 0.6) is 0 Å². The number of halogens is 1. The number of likely N-dealkylation sites (N-methyl/N-ethyl adjacent to an activating group) is 1. The van der Waals surface area contributed by atoms with E-state index in [2.05, 4.69) is 15.9 Å². The molecule has 3 N–H and O–H groups in total. The highest BCUT2D eigenvalue weighted by Crippen LogP contribution is 2.12. The first kappa shape index (κ1) is 15.7. The maximum atomic E-state index is 11.8. The molecular weight excluding hydrogens is 312 g/mol. The van der Waals surface area contributed by atoms with E-state index in [0.29, 0.717) is 13.0 Å². The van der Waals surface area contributed by atoms with E-state index >= 15 is 0 Å². The molecule has 1 unspecified atom stereocenters. The molecule has 0 aliphatic carbocycles. The second-order valence-corrected chi connectivity index (χ2v) is 5.26. The van der Waals surface area contributed by atoms with Gasteiger partial charge in [-0.05, 0) is 24.1 Å². The predicted molar refractivity (Wildman–Crippen MR) is 75.7 cm³/mol. The van der Waals surface area contributed by atoms with Crippen molar-refractivity contribution in [1.29, 1.82) is 0 Å². The number of nitrogens with two attached hydrogens (primary N) is 1. The molecule has 0 aromatic heterocycles. The lowest BCUT2D eigenvalue weighted by molar-refractivity contribution is -0.141. The number of rotatable bonds is 6. The minimum Gasteiger partial charge on any atom is -0.481 e. The van der Waals surface area contributed by atoms with Crippen LogP contribution in [0.25, 0.3) is 0 Å². The van der Waals surface area contributed by atoms with E-state index in [0.717, 1.165) is 10.0 Å². The summed E-state index contributed by atoms with van der Waals surface area (Å²) in [6.45, 7) is 0.503. The van der Waals surface area contributed by atoms with Crippen molar-refractivity contribution in [3.8, 4) is 0 Å². The molecule has 0 aliphatic heterocycles. The van der Waals surface area contributed by atoms with Crippen LogP contribution < -0.4 is 5.73 Å². The summed E-state index contributed by atoms with van der Waals surface area (Å²) in [5.74, 6) is -1.42. The van der Waals surface area contributed by atoms with Gasteiger partial charge in [0.2, 0.25) is 5.91 Å². The molecule has 0 bridgehead atoms. The molecule has 19 heavy (non-hydrogen) atoms. The van der Waals surface area contributed by atoms with Crippen LogP contribution in [0.1, 0.15) is 12.0 Å². The number of hydrogen-bond acceptors (Lipinski definition) is 3. The van der Waals surface area contributed by atoms with Gasteiger partial charge in [-0.1, -0.05) is 28.1 Å². The van der Waals surface area contributed by atoms with Crippen molar-refractivity contribution in [2.45, 2.75) is 18.9 Å². The molecule has 0 heterocycles. The zero-order valence-electron chi connectivity index (χ0n) is 10.7. The van der Waals surface area contributed by atoms with Crippen molar-refractivity contribution in [2.24, 2.45) is 5.73 Å². The number of benzene rings is 1. The first-order valence-corrected chi connectivity index (χ1v) is 6.66. The molecule has 0 aliphatic rings. The third kappa shape index (κ3) is 5.40. The zero-order chi connectivity index (χ0) is 14.4. The zero-order valence-corrected chi connectivity index (χ0v) is 12.3. The van der Waals surface area contributed by atoms with E-state index in [4.69, 9.17) is 10.8 Å². The highest BCUT2D eigenvalue weighted by atomic mass is 79.9. The van der Waals surface area contributed by atoms with Gasteiger partial charge >= 0.3 is 5.97 Å². The summed E-state index contributed by atoms with van der Waals surface area (Å²) >= 11 is 3.38. The molecule has 1 aromatic rings. The summed E-state index contributed by atoms with van der Waals surface area (Å²) in [5.41, 5.74) is 6.63. The highest BCUT2D eigenvalue weighted by molar-refractivity contribution is 9.10. The molecule has 6 heteroatoms. The minimum absolute atomic E-state index is 0.347. The molecule has 0 spiro atoms. The van der Waals surface area contributed by atoms with Gasteiger partial charge in [-0.25, -0.2) is 0 Å². The van der Waals surface area contributed by atoms with Crippen molar-refractivity contribution in [2.75, 3.05) is 13.6 Å². The number of carbonyl (C=O) groups is 2. The lowest BCUT2D eigenvalue weighted by atomic mass is 10.1. The maximum absolute atomic E-state index is 11.8. The fraction of sp³-hybridized carbons (Fsp3) is 0.385. The van der Waals surface area contributed by atoms with Crippen molar-refractivity contribution in [1.82, 2.24) is 4.90 Å². The summed E-state index contributed by atoms with van der Waals surface area (Å²) in [5, 5.41) is 8.60. The molecule has 1 atom stereocenters. The number of aliphatic carboxylic acids is 1. The molecule has 1 aromatic carbocycles. The third-order valence-corrected chi connectivity index (χ3v) is 3.21. The van der Waals surface area contributed by atoms with Crippen molar-refractivity contribution in [3.05, 3.63) is 34.3 Å². The fourth-order valence-corrected chi connectivity index (χ4v) is 2.10. The van der Waals surface area contributed by atoms with Gasteiger partial charge in [0.25, 0.3) is 0 Å². The molecule has 1 amide bonds. The Morgan fingerprint density at radius 2 is 2.16 bits per heavy atom. The number of amides is 1. The average Bonchev–Trinajstić information content (AvgIpc) is 2.34. The molecule has 0 saturated carbocycles. The molecule has 0 fully saturated rings. The highest BCUT2D eigenvalue weighted by Gasteiger charge is 2.20. The smallest absolute Gasteiger partial charge is 0.305 e. The lowest BCUT2D eigenvalue weighted by Gasteiger charge is -2.20. The van der Waals surface area contributed by atoms with E-state index < -0.39 is 12.0 Å². The monoisotopic (exact) mass is 328 g/mol. The summed E-state index contributed by atoms with van der Waals surface area (Å²) in [6.07, 6.45) is 0.349. The van der Waals surface area contributed by atoms with Gasteiger partial charge in [0.1, 0.15) is 0 Å². The molecular formula is C13H17BrN2O3. The SMILES string of the molecule is CN(CCc1cccc(Br)c1)C(=O)C(N)CC(=O)O. The quantitative estimate of drug-likeness (QED) is 0.823. The van der Waals surface area contributed by atoms with E-state index in [1.54, 1.807) is 7.05 Å².